The number of amides is 1. The highest BCUT2D eigenvalue weighted by Gasteiger charge is 2.14. The van der Waals surface area contributed by atoms with Gasteiger partial charge in [-0.15, -0.1) is 11.3 Å². The molecule has 5 nitrogen and oxygen atoms in total. The lowest BCUT2D eigenvalue weighted by molar-refractivity contribution is -0.130. The SMILES string of the molecule is CC(=O)NC(COC=O)c1cscn1. The molecule has 14 heavy (non-hydrogen) atoms. The molecule has 1 heterocycles. The highest BCUT2D eigenvalue weighted by Crippen LogP contribution is 2.12. The van der Waals surface area contributed by atoms with Crippen molar-refractivity contribution < 1.29 is 14.3 Å². The van der Waals surface area contributed by atoms with Gasteiger partial charge in [-0.05, 0) is 0 Å². The van der Waals surface area contributed by atoms with Crippen molar-refractivity contribution in [3.05, 3.63) is 16.6 Å². The van der Waals surface area contributed by atoms with Crippen LogP contribution in [0.1, 0.15) is 18.7 Å². The van der Waals surface area contributed by atoms with Gasteiger partial charge < -0.3 is 10.1 Å². The normalized spacial score (nSPS) is 11.8. The molecule has 1 aromatic heterocycles. The summed E-state index contributed by atoms with van der Waals surface area (Å²) in [6, 6.07) is -0.357. The number of ether oxygens (including phenoxy) is 1. The van der Waals surface area contributed by atoms with Crippen LogP contribution in [-0.2, 0) is 14.3 Å². The van der Waals surface area contributed by atoms with Crippen molar-refractivity contribution >= 4 is 23.7 Å². The standard InChI is InChI=1S/C8H10N2O3S/c1-6(12)10-7(2-13-5-11)8-3-14-4-9-8/h3-5,7H,2H2,1H3,(H,10,12). The third-order valence-corrected chi connectivity index (χ3v) is 2.12. The Bertz CT molecular complexity index is 300. The van der Waals surface area contributed by atoms with E-state index in [0.29, 0.717) is 12.2 Å². The van der Waals surface area contributed by atoms with Crippen molar-refractivity contribution in [2.45, 2.75) is 13.0 Å². The van der Waals surface area contributed by atoms with E-state index in [1.165, 1.54) is 18.3 Å². The van der Waals surface area contributed by atoms with Gasteiger partial charge in [0.05, 0.1) is 11.2 Å². The van der Waals surface area contributed by atoms with Gasteiger partial charge in [0.2, 0.25) is 5.91 Å². The molecule has 1 N–H and O–H groups in total. The first-order valence-electron chi connectivity index (χ1n) is 3.94. The molecule has 0 aliphatic rings. The van der Waals surface area contributed by atoms with Crippen LogP contribution >= 0.6 is 11.3 Å². The highest BCUT2D eigenvalue weighted by molar-refractivity contribution is 7.07. The summed E-state index contributed by atoms with van der Waals surface area (Å²) in [5, 5.41) is 4.44. The Hall–Kier alpha value is -1.43. The first-order chi connectivity index (χ1) is 6.74. The zero-order valence-corrected chi connectivity index (χ0v) is 8.41. The van der Waals surface area contributed by atoms with Gasteiger partial charge in [-0.3, -0.25) is 9.59 Å². The van der Waals surface area contributed by atoms with Gasteiger partial charge >= 0.3 is 0 Å². The van der Waals surface area contributed by atoms with Gasteiger partial charge in [0.15, 0.2) is 0 Å². The Morgan fingerprint density at radius 2 is 2.64 bits per heavy atom. The first kappa shape index (κ1) is 10.6. The summed E-state index contributed by atoms with van der Waals surface area (Å²) in [6.45, 7) is 1.86. The van der Waals surface area contributed by atoms with Crippen LogP contribution in [0.5, 0.6) is 0 Å². The zero-order valence-electron chi connectivity index (χ0n) is 7.60. The molecule has 0 aliphatic heterocycles. The molecule has 0 spiro atoms. The maximum atomic E-state index is 10.8. The largest absolute Gasteiger partial charge is 0.465 e. The molecular weight excluding hydrogens is 204 g/mol. The van der Waals surface area contributed by atoms with Crippen molar-refractivity contribution in [2.24, 2.45) is 0 Å². The predicted octanol–water partition coefficient (Wildman–Crippen LogP) is 0.493. The summed E-state index contributed by atoms with van der Waals surface area (Å²) >= 11 is 1.42. The number of nitrogens with one attached hydrogen (secondary N) is 1. The Balaban J connectivity index is 2.61. The van der Waals surface area contributed by atoms with Crippen LogP contribution in [-0.4, -0.2) is 24.0 Å². The van der Waals surface area contributed by atoms with Crippen LogP contribution in [0.25, 0.3) is 0 Å². The summed E-state index contributed by atoms with van der Waals surface area (Å²) in [7, 11) is 0. The molecule has 0 saturated carbocycles. The van der Waals surface area contributed by atoms with Crippen molar-refractivity contribution in [1.29, 1.82) is 0 Å². The van der Waals surface area contributed by atoms with E-state index in [4.69, 9.17) is 0 Å². The Kier molecular flexibility index (Phi) is 4.06. The van der Waals surface area contributed by atoms with Crippen LogP contribution in [0.4, 0.5) is 0 Å². The summed E-state index contributed by atoms with van der Waals surface area (Å²) < 4.78 is 4.59. The number of nitrogens with zero attached hydrogens (tertiary/aromatic N) is 1. The fraction of sp³-hybridized carbons (Fsp3) is 0.375. The Morgan fingerprint density at radius 1 is 1.86 bits per heavy atom. The minimum absolute atomic E-state index is 0.104. The van der Waals surface area contributed by atoms with E-state index in [-0.39, 0.29) is 18.6 Å². The zero-order chi connectivity index (χ0) is 10.4. The van der Waals surface area contributed by atoms with E-state index < -0.39 is 0 Å². The predicted molar refractivity (Wildman–Crippen MR) is 50.7 cm³/mol. The lowest BCUT2D eigenvalue weighted by Gasteiger charge is -2.13. The maximum absolute atomic E-state index is 10.8. The number of hydrogen-bond donors (Lipinski definition) is 1. The van der Waals surface area contributed by atoms with Crippen molar-refractivity contribution in [3.63, 3.8) is 0 Å². The quantitative estimate of drug-likeness (QED) is 0.724. The number of carbonyl (C=O) groups is 2. The number of aromatic nitrogens is 1. The van der Waals surface area contributed by atoms with Crippen LogP contribution < -0.4 is 5.32 Å². The minimum Gasteiger partial charge on any atom is -0.465 e. The molecule has 1 amide bonds. The fourth-order valence-corrected chi connectivity index (χ4v) is 1.58. The van der Waals surface area contributed by atoms with E-state index in [1.807, 2.05) is 0 Å². The number of thiazole rings is 1. The molecule has 0 saturated heterocycles. The van der Waals surface area contributed by atoms with Crippen molar-refractivity contribution in [2.75, 3.05) is 6.61 Å². The second kappa shape index (κ2) is 5.33. The lowest BCUT2D eigenvalue weighted by atomic mass is 10.2. The van der Waals surface area contributed by atoms with E-state index in [0.717, 1.165) is 0 Å². The summed E-state index contributed by atoms with van der Waals surface area (Å²) in [6.07, 6.45) is 0. The molecule has 1 rings (SSSR count). The second-order valence-corrected chi connectivity index (χ2v) is 3.31. The van der Waals surface area contributed by atoms with Crippen molar-refractivity contribution in [3.8, 4) is 0 Å². The van der Waals surface area contributed by atoms with E-state index >= 15 is 0 Å². The molecule has 1 aromatic rings. The van der Waals surface area contributed by atoms with E-state index in [1.54, 1.807) is 10.9 Å². The van der Waals surface area contributed by atoms with E-state index in [9.17, 15) is 9.59 Å². The van der Waals surface area contributed by atoms with Gasteiger partial charge in [0, 0.05) is 12.3 Å². The van der Waals surface area contributed by atoms with Gasteiger partial charge in [0.1, 0.15) is 12.6 Å². The van der Waals surface area contributed by atoms with Crippen LogP contribution in [0.15, 0.2) is 10.9 Å². The maximum Gasteiger partial charge on any atom is 0.293 e. The summed E-state index contributed by atoms with van der Waals surface area (Å²) in [5.74, 6) is -0.183. The minimum atomic E-state index is -0.357. The van der Waals surface area contributed by atoms with Crippen LogP contribution in [0, 0.1) is 0 Å². The third-order valence-electron chi connectivity index (χ3n) is 1.52. The number of carbonyl (C=O) groups excluding carboxylic acids is 2. The summed E-state index contributed by atoms with van der Waals surface area (Å²) in [4.78, 5) is 24.9. The van der Waals surface area contributed by atoms with Gasteiger partial charge in [-0.25, -0.2) is 4.98 Å². The highest BCUT2D eigenvalue weighted by atomic mass is 32.1. The molecule has 6 heteroatoms. The molecule has 0 aromatic carbocycles. The molecule has 0 radical (unpaired) electrons. The Labute approximate surface area is 85.1 Å². The fourth-order valence-electron chi connectivity index (χ4n) is 0.976. The topological polar surface area (TPSA) is 68.3 Å². The molecular formula is C8H10N2O3S. The van der Waals surface area contributed by atoms with Crippen molar-refractivity contribution in [1.82, 2.24) is 10.3 Å². The van der Waals surface area contributed by atoms with Gasteiger partial charge in [-0.1, -0.05) is 0 Å². The average Bonchev–Trinajstić information content (AvgIpc) is 2.64. The number of rotatable bonds is 5. The summed E-state index contributed by atoms with van der Waals surface area (Å²) in [5.41, 5.74) is 2.36. The Morgan fingerprint density at radius 3 is 3.14 bits per heavy atom. The molecule has 0 aliphatic carbocycles. The molecule has 1 unspecified atom stereocenters. The molecule has 0 fully saturated rings. The van der Waals surface area contributed by atoms with E-state index in [2.05, 4.69) is 15.0 Å². The average molecular weight is 214 g/mol. The van der Waals surface area contributed by atoms with Crippen LogP contribution in [0.2, 0.25) is 0 Å². The first-order valence-corrected chi connectivity index (χ1v) is 4.88. The number of hydrogen-bond acceptors (Lipinski definition) is 5. The smallest absolute Gasteiger partial charge is 0.293 e. The van der Waals surface area contributed by atoms with Gasteiger partial charge in [0.25, 0.3) is 6.47 Å². The molecule has 0 bridgehead atoms. The molecule has 76 valence electrons. The van der Waals surface area contributed by atoms with Crippen LogP contribution in [0.3, 0.4) is 0 Å². The molecule has 1 atom stereocenters. The second-order valence-electron chi connectivity index (χ2n) is 2.60. The monoisotopic (exact) mass is 214 g/mol. The van der Waals surface area contributed by atoms with Gasteiger partial charge in [-0.2, -0.15) is 0 Å². The third kappa shape index (κ3) is 3.14. The lowest BCUT2D eigenvalue weighted by Crippen LogP contribution is -2.29.